The van der Waals surface area contributed by atoms with Gasteiger partial charge in [-0.2, -0.15) is 9.98 Å². The molecule has 0 saturated heterocycles. The highest BCUT2D eigenvalue weighted by Gasteiger charge is 2.30. The molecule has 4 N–H and O–H groups in total. The van der Waals surface area contributed by atoms with Gasteiger partial charge in [0.05, 0.1) is 13.7 Å². The number of amidine groups is 1. The van der Waals surface area contributed by atoms with E-state index in [0.717, 1.165) is 32.1 Å². The quantitative estimate of drug-likeness (QED) is 0.0518. The van der Waals surface area contributed by atoms with E-state index in [1.165, 1.54) is 43.2 Å². The number of halogens is 1. The van der Waals surface area contributed by atoms with Crippen molar-refractivity contribution in [2.24, 2.45) is 10.7 Å². The van der Waals surface area contributed by atoms with Crippen molar-refractivity contribution >= 4 is 23.6 Å². The zero-order valence-corrected chi connectivity index (χ0v) is 30.7. The van der Waals surface area contributed by atoms with Crippen LogP contribution in [0, 0.1) is 5.82 Å². The number of ether oxygens (including phenoxy) is 5. The Morgan fingerprint density at radius 2 is 1.75 bits per heavy atom. The molecule has 1 aliphatic carbocycles. The first-order valence-electron chi connectivity index (χ1n) is 17.9. The molecule has 0 aliphatic heterocycles. The summed E-state index contributed by atoms with van der Waals surface area (Å²) in [6, 6.07) is 18.2. The van der Waals surface area contributed by atoms with Crippen molar-refractivity contribution in [3.8, 4) is 23.5 Å². The van der Waals surface area contributed by atoms with Crippen molar-refractivity contribution < 1.29 is 42.8 Å². The van der Waals surface area contributed by atoms with Crippen LogP contribution in [0.25, 0.3) is 5.95 Å². The topological polar surface area (TPSA) is 207 Å². The Hall–Kier alpha value is -6.62. The molecule has 17 heteroatoms. The van der Waals surface area contributed by atoms with Gasteiger partial charge in [-0.1, -0.05) is 24.6 Å². The van der Waals surface area contributed by atoms with E-state index in [2.05, 4.69) is 30.4 Å². The predicted molar refractivity (Wildman–Crippen MR) is 200 cm³/mol. The number of anilines is 1. The summed E-state index contributed by atoms with van der Waals surface area (Å²) in [4.78, 5) is 42.5. The SMILES string of the molecule is COc1cc(OCCO)c(F)c(C(Nc2ccc(C(N)=NC(=O)c3ccccc3)cc2)c2nc(OC(C)OC(=O)OC3CCCCC3)n(-c3ncccn3)n2)c1. The van der Waals surface area contributed by atoms with E-state index in [1.54, 1.807) is 60.7 Å². The van der Waals surface area contributed by atoms with Gasteiger partial charge in [-0.05, 0) is 74.2 Å². The summed E-state index contributed by atoms with van der Waals surface area (Å²) >= 11 is 0. The van der Waals surface area contributed by atoms with Crippen molar-refractivity contribution in [3.05, 3.63) is 114 Å². The molecule has 292 valence electrons. The van der Waals surface area contributed by atoms with E-state index in [-0.39, 0.29) is 60.0 Å². The fourth-order valence-corrected chi connectivity index (χ4v) is 5.88. The van der Waals surface area contributed by atoms with Crippen molar-refractivity contribution in [1.82, 2.24) is 24.7 Å². The van der Waals surface area contributed by atoms with Crippen molar-refractivity contribution in [2.45, 2.75) is 57.5 Å². The lowest BCUT2D eigenvalue weighted by atomic mass is 9.98. The first kappa shape index (κ1) is 39.1. The number of aliphatic hydroxyl groups is 1. The average molecular weight is 769 g/mol. The molecule has 0 spiro atoms. The normalized spacial score (nSPS) is 14.3. The zero-order chi connectivity index (χ0) is 39.4. The number of aliphatic imine (C=N–C) groups is 1. The van der Waals surface area contributed by atoms with E-state index in [1.807, 2.05) is 0 Å². The summed E-state index contributed by atoms with van der Waals surface area (Å²) in [5.41, 5.74) is 7.49. The Balaban J connectivity index is 1.35. The van der Waals surface area contributed by atoms with E-state index in [0.29, 0.717) is 16.8 Å². The first-order chi connectivity index (χ1) is 27.2. The standard InChI is InChI=1S/C39H41FN8O8/c1-24(55-39(51)56-28-12-7-4-8-13-28)54-38-46-35(47-48(38)37-42-18-9-19-43-37)33(30-22-29(52-2)23-31(32(30)40)53-21-20-49)44-27-16-14-25(15-17-27)34(41)45-36(50)26-10-5-3-6-11-26/h3,5-6,9-11,14-19,22-24,28,33,44,49H,4,7-8,12-13,20-21H2,1-2H3,(H2,41,45,50). The van der Waals surface area contributed by atoms with Crippen LogP contribution in [0.2, 0.25) is 0 Å². The Labute approximate surface area is 321 Å². The maximum Gasteiger partial charge on any atom is 0.511 e. The smallest absolute Gasteiger partial charge is 0.497 e. The molecule has 2 aromatic heterocycles. The molecule has 16 nitrogen and oxygen atoms in total. The van der Waals surface area contributed by atoms with Gasteiger partial charge in [0.1, 0.15) is 30.3 Å². The molecule has 2 unspecified atom stereocenters. The maximum atomic E-state index is 16.4. The number of rotatable bonds is 15. The van der Waals surface area contributed by atoms with Crippen molar-refractivity contribution in [2.75, 3.05) is 25.6 Å². The number of nitrogens with one attached hydrogen (secondary N) is 1. The molecule has 1 amide bonds. The van der Waals surface area contributed by atoms with Gasteiger partial charge < -0.3 is 39.8 Å². The van der Waals surface area contributed by atoms with E-state index < -0.39 is 30.2 Å². The van der Waals surface area contributed by atoms with Crippen LogP contribution in [0.4, 0.5) is 14.9 Å². The molecule has 1 fully saturated rings. The van der Waals surface area contributed by atoms with Crippen LogP contribution in [-0.4, -0.2) is 80.5 Å². The van der Waals surface area contributed by atoms with Gasteiger partial charge in [0, 0.05) is 47.8 Å². The Morgan fingerprint density at radius 1 is 1.02 bits per heavy atom. The lowest BCUT2D eigenvalue weighted by Crippen LogP contribution is -2.27. The summed E-state index contributed by atoms with van der Waals surface area (Å²) in [5, 5.41) is 17.3. The van der Waals surface area contributed by atoms with Crippen LogP contribution in [0.5, 0.6) is 17.5 Å². The summed E-state index contributed by atoms with van der Waals surface area (Å²) in [6.45, 7) is 0.941. The fourth-order valence-electron chi connectivity index (χ4n) is 5.88. The van der Waals surface area contributed by atoms with E-state index in [9.17, 15) is 14.7 Å². The molecule has 56 heavy (non-hydrogen) atoms. The van der Waals surface area contributed by atoms with Gasteiger partial charge in [-0.15, -0.1) is 9.78 Å². The minimum absolute atomic E-state index is 0.00418. The van der Waals surface area contributed by atoms with E-state index in [4.69, 9.17) is 29.4 Å². The van der Waals surface area contributed by atoms with Crippen LogP contribution in [0.3, 0.4) is 0 Å². The van der Waals surface area contributed by atoms with Gasteiger partial charge in [-0.25, -0.2) is 19.2 Å². The third kappa shape index (κ3) is 9.92. The number of hydrogen-bond donors (Lipinski definition) is 3. The number of carbonyl (C=O) groups excluding carboxylic acids is 2. The summed E-state index contributed by atoms with van der Waals surface area (Å²) < 4.78 is 45.4. The number of benzene rings is 3. The molecule has 2 atom stereocenters. The van der Waals surface area contributed by atoms with Gasteiger partial charge in [0.15, 0.2) is 17.4 Å². The third-order valence-electron chi connectivity index (χ3n) is 8.61. The average Bonchev–Trinajstić information content (AvgIpc) is 3.63. The number of carbonyl (C=O) groups is 2. The molecule has 2 heterocycles. The molecular formula is C39H41FN8O8. The largest absolute Gasteiger partial charge is 0.511 e. The zero-order valence-electron chi connectivity index (χ0n) is 30.7. The summed E-state index contributed by atoms with van der Waals surface area (Å²) in [6.07, 6.45) is 5.19. The number of aromatic nitrogens is 5. The summed E-state index contributed by atoms with van der Waals surface area (Å²) in [7, 11) is 1.41. The number of aliphatic hydroxyl groups excluding tert-OH is 1. The molecule has 1 aliphatic rings. The molecular weight excluding hydrogens is 727 g/mol. The lowest BCUT2D eigenvalue weighted by Gasteiger charge is -2.22. The van der Waals surface area contributed by atoms with Crippen molar-refractivity contribution in [1.29, 1.82) is 0 Å². The molecule has 0 bridgehead atoms. The van der Waals surface area contributed by atoms with Crippen LogP contribution in [-0.2, 0) is 9.47 Å². The highest BCUT2D eigenvalue weighted by Crippen LogP contribution is 2.36. The second kappa shape index (κ2) is 18.6. The highest BCUT2D eigenvalue weighted by atomic mass is 19.1. The monoisotopic (exact) mass is 768 g/mol. The van der Waals surface area contributed by atoms with E-state index >= 15 is 4.39 Å². The second-order valence-electron chi connectivity index (χ2n) is 12.6. The van der Waals surface area contributed by atoms with Gasteiger partial charge in [0.2, 0.25) is 6.29 Å². The Bertz CT molecular complexity index is 2110. The number of hydrogen-bond acceptors (Lipinski definition) is 13. The fraction of sp³-hybridized carbons (Fsp3) is 0.308. The highest BCUT2D eigenvalue weighted by molar-refractivity contribution is 6.08. The van der Waals surface area contributed by atoms with Gasteiger partial charge in [0.25, 0.3) is 11.9 Å². The Kier molecular flexibility index (Phi) is 13.0. The lowest BCUT2D eigenvalue weighted by molar-refractivity contribution is -0.0723. The molecule has 6 rings (SSSR count). The van der Waals surface area contributed by atoms with Gasteiger partial charge in [-0.3, -0.25) is 4.79 Å². The minimum atomic E-state index is -1.20. The van der Waals surface area contributed by atoms with Crippen molar-refractivity contribution in [3.63, 3.8) is 0 Å². The number of methoxy groups -OCH3 is 1. The molecule has 1 saturated carbocycles. The minimum Gasteiger partial charge on any atom is -0.497 e. The number of amides is 1. The summed E-state index contributed by atoms with van der Waals surface area (Å²) in [5.74, 6) is -1.21. The van der Waals surface area contributed by atoms with Gasteiger partial charge >= 0.3 is 12.2 Å². The second-order valence-corrected chi connectivity index (χ2v) is 12.6. The first-order valence-corrected chi connectivity index (χ1v) is 17.9. The Morgan fingerprint density at radius 3 is 2.45 bits per heavy atom. The van der Waals surface area contributed by atoms with Crippen LogP contribution >= 0.6 is 0 Å². The molecule has 0 radical (unpaired) electrons. The number of nitrogens with zero attached hydrogens (tertiary/aromatic N) is 6. The molecule has 3 aromatic carbocycles. The maximum absolute atomic E-state index is 16.4. The number of nitrogens with two attached hydrogens (primary N) is 1. The van der Waals surface area contributed by atoms with Crippen LogP contribution in [0.1, 0.15) is 72.4 Å². The molecule has 5 aromatic rings. The van der Waals surface area contributed by atoms with Crippen LogP contribution in [0.15, 0.2) is 90.2 Å². The third-order valence-corrected chi connectivity index (χ3v) is 8.61. The van der Waals surface area contributed by atoms with Crippen LogP contribution < -0.4 is 25.3 Å². The predicted octanol–water partition coefficient (Wildman–Crippen LogP) is 5.53.